The van der Waals surface area contributed by atoms with Gasteiger partial charge in [0, 0.05) is 6.54 Å². The highest BCUT2D eigenvalue weighted by Crippen LogP contribution is 2.43. The van der Waals surface area contributed by atoms with Crippen LogP contribution < -0.4 is 0 Å². The van der Waals surface area contributed by atoms with Gasteiger partial charge in [-0.25, -0.2) is 8.70 Å². The molecule has 0 radical (unpaired) electrons. The van der Waals surface area contributed by atoms with Crippen molar-refractivity contribution >= 4 is 23.3 Å². The summed E-state index contributed by atoms with van der Waals surface area (Å²) in [4.78, 5) is 0. The van der Waals surface area contributed by atoms with Gasteiger partial charge in [0.15, 0.2) is 5.13 Å². The van der Waals surface area contributed by atoms with Crippen molar-refractivity contribution in [3.63, 3.8) is 0 Å². The lowest BCUT2D eigenvalue weighted by molar-refractivity contribution is -0.172. The van der Waals surface area contributed by atoms with Crippen molar-refractivity contribution in [2.24, 2.45) is 0 Å². The van der Waals surface area contributed by atoms with Crippen LogP contribution in [-0.4, -0.2) is 17.0 Å². The van der Waals surface area contributed by atoms with E-state index in [1.54, 1.807) is 6.92 Å². The Labute approximate surface area is 132 Å². The Kier molecular flexibility index (Phi) is 5.46. The van der Waals surface area contributed by atoms with E-state index in [0.717, 1.165) is 51.9 Å². The number of thiophene rings is 1. The second-order valence-electron chi connectivity index (χ2n) is 4.38. The van der Waals surface area contributed by atoms with E-state index < -0.39 is 23.2 Å². The van der Waals surface area contributed by atoms with Gasteiger partial charge in [-0.15, -0.1) is 0 Å². The van der Waals surface area contributed by atoms with Crippen LogP contribution in [-0.2, 0) is 0 Å². The van der Waals surface area contributed by atoms with E-state index in [4.69, 9.17) is 0 Å². The van der Waals surface area contributed by atoms with Gasteiger partial charge in [0.2, 0.25) is 0 Å². The molecule has 2 aromatic rings. The Morgan fingerprint density at radius 2 is 1.73 bits per heavy atom. The maximum absolute atomic E-state index is 13.4. The molecule has 0 fully saturated rings. The lowest BCUT2D eigenvalue weighted by atomic mass is 10.1. The maximum Gasteiger partial charge on any atom is 0.408 e. The van der Waals surface area contributed by atoms with Crippen LogP contribution in [0.15, 0.2) is 40.6 Å². The number of nitrogens with zero attached hydrogens (tertiary/aromatic N) is 1. The van der Waals surface area contributed by atoms with Crippen LogP contribution in [0.3, 0.4) is 0 Å². The van der Waals surface area contributed by atoms with Crippen LogP contribution in [0.5, 0.6) is 0 Å². The predicted octanol–water partition coefficient (Wildman–Crippen LogP) is 5.66. The fourth-order valence-electron chi connectivity index (χ4n) is 1.93. The van der Waals surface area contributed by atoms with Crippen LogP contribution in [0.2, 0.25) is 0 Å². The summed E-state index contributed by atoms with van der Waals surface area (Å²) in [6.07, 6.45) is -4.53. The van der Waals surface area contributed by atoms with Gasteiger partial charge in [0.1, 0.15) is 11.9 Å². The van der Waals surface area contributed by atoms with Crippen LogP contribution in [0, 0.1) is 10.9 Å². The van der Waals surface area contributed by atoms with Gasteiger partial charge < -0.3 is 0 Å². The van der Waals surface area contributed by atoms with Gasteiger partial charge in [-0.1, -0.05) is 30.4 Å². The normalized spacial score (nSPS) is 13.6. The Bertz CT molecular complexity index is 608. The first kappa shape index (κ1) is 17.2. The zero-order chi connectivity index (χ0) is 16.3. The van der Waals surface area contributed by atoms with E-state index in [1.807, 2.05) is 0 Å². The van der Waals surface area contributed by atoms with Crippen molar-refractivity contribution in [3.05, 3.63) is 52.9 Å². The average Bonchev–Trinajstić information content (AvgIpc) is 2.84. The first-order valence-electron chi connectivity index (χ1n) is 6.33. The van der Waals surface area contributed by atoms with Crippen LogP contribution in [0.25, 0.3) is 0 Å². The molecule has 1 heterocycles. The van der Waals surface area contributed by atoms with Gasteiger partial charge >= 0.3 is 6.18 Å². The molecule has 1 atom stereocenters. The van der Waals surface area contributed by atoms with E-state index in [1.165, 1.54) is 12.1 Å². The summed E-state index contributed by atoms with van der Waals surface area (Å²) >= 11 is 1.63. The van der Waals surface area contributed by atoms with Crippen LogP contribution in [0.1, 0.15) is 18.5 Å². The summed E-state index contributed by atoms with van der Waals surface area (Å²) in [5.74, 6) is -0.597. The molecular formula is C14H12F5NS2. The Morgan fingerprint density at radius 3 is 2.18 bits per heavy atom. The smallest absolute Gasteiger partial charge is 0.230 e. The molecule has 1 aromatic heterocycles. The van der Waals surface area contributed by atoms with Gasteiger partial charge in [-0.05, 0) is 41.8 Å². The zero-order valence-electron chi connectivity index (χ0n) is 11.4. The number of alkyl halides is 3. The van der Waals surface area contributed by atoms with E-state index in [9.17, 15) is 22.0 Å². The summed E-state index contributed by atoms with van der Waals surface area (Å²) in [6, 6.07) is 4.98. The quantitative estimate of drug-likeness (QED) is 0.504. The topological polar surface area (TPSA) is 3.24 Å². The minimum Gasteiger partial charge on any atom is -0.230 e. The molecule has 0 aliphatic rings. The lowest BCUT2D eigenvalue weighted by Crippen LogP contribution is -2.34. The molecule has 0 aliphatic carbocycles. The molecule has 0 saturated carbocycles. The molecule has 0 spiro atoms. The summed E-state index contributed by atoms with van der Waals surface area (Å²) in [5, 5.41) is -0.455. The highest BCUT2D eigenvalue weighted by molar-refractivity contribution is 7.98. The second kappa shape index (κ2) is 6.97. The van der Waals surface area contributed by atoms with E-state index in [-0.39, 0.29) is 12.1 Å². The molecule has 0 bridgehead atoms. The Hall–Kier alpha value is -1.12. The molecule has 120 valence electrons. The molecule has 0 N–H and O–H groups in total. The van der Waals surface area contributed by atoms with Crippen molar-refractivity contribution in [3.8, 4) is 0 Å². The second-order valence-corrected chi connectivity index (χ2v) is 6.76. The predicted molar refractivity (Wildman–Crippen MR) is 77.7 cm³/mol. The van der Waals surface area contributed by atoms with Crippen molar-refractivity contribution in [2.75, 3.05) is 6.54 Å². The standard InChI is InChI=1S/C14H12F5NS2/c1-2-20(22-12-8-7-11(16)21-12)13(14(17,18)19)9-3-5-10(15)6-4-9/h3-8,13H,2H2,1H3/t13-/m0/s1. The molecule has 0 amide bonds. The molecule has 22 heavy (non-hydrogen) atoms. The third-order valence-electron chi connectivity index (χ3n) is 2.85. The first-order valence-corrected chi connectivity index (χ1v) is 7.92. The third kappa shape index (κ3) is 4.21. The summed E-state index contributed by atoms with van der Waals surface area (Å²) in [5.41, 5.74) is -0.0553. The molecule has 2 rings (SSSR count). The zero-order valence-corrected chi connectivity index (χ0v) is 13.0. The number of hydrogen-bond acceptors (Lipinski definition) is 3. The fraction of sp³-hybridized carbons (Fsp3) is 0.286. The summed E-state index contributed by atoms with van der Waals surface area (Å²) in [6.45, 7) is 1.67. The summed E-state index contributed by atoms with van der Waals surface area (Å²) in [7, 11) is 0. The van der Waals surface area contributed by atoms with Crippen LogP contribution in [0.4, 0.5) is 22.0 Å². The number of rotatable bonds is 5. The number of benzene rings is 1. The molecular weight excluding hydrogens is 341 g/mol. The maximum atomic E-state index is 13.4. The highest BCUT2D eigenvalue weighted by Gasteiger charge is 2.45. The molecule has 1 aromatic carbocycles. The Balaban J connectivity index is 2.31. The van der Waals surface area contributed by atoms with Gasteiger partial charge in [-0.3, -0.25) is 0 Å². The first-order chi connectivity index (χ1) is 10.3. The minimum atomic E-state index is -4.53. The van der Waals surface area contributed by atoms with Gasteiger partial charge in [0.25, 0.3) is 0 Å². The SMILES string of the molecule is CCN(Sc1ccc(F)s1)[C@@H](c1ccc(F)cc1)C(F)(F)F. The number of halogens is 5. The molecule has 0 saturated heterocycles. The Morgan fingerprint density at radius 1 is 1.09 bits per heavy atom. The van der Waals surface area contributed by atoms with Crippen molar-refractivity contribution in [2.45, 2.75) is 23.4 Å². The fourth-order valence-corrected chi connectivity index (χ4v) is 3.90. The lowest BCUT2D eigenvalue weighted by Gasteiger charge is -2.31. The molecule has 0 unspecified atom stereocenters. The van der Waals surface area contributed by atoms with E-state index in [2.05, 4.69) is 0 Å². The molecule has 0 aliphatic heterocycles. The number of hydrogen-bond donors (Lipinski definition) is 0. The monoisotopic (exact) mass is 353 g/mol. The van der Waals surface area contributed by atoms with Crippen LogP contribution >= 0.6 is 23.3 Å². The molecule has 1 nitrogen and oxygen atoms in total. The van der Waals surface area contributed by atoms with E-state index >= 15 is 0 Å². The van der Waals surface area contributed by atoms with Crippen molar-refractivity contribution < 1.29 is 22.0 Å². The van der Waals surface area contributed by atoms with Crippen molar-refractivity contribution in [1.82, 2.24) is 4.31 Å². The third-order valence-corrected chi connectivity index (χ3v) is 5.01. The highest BCUT2D eigenvalue weighted by atomic mass is 32.2. The van der Waals surface area contributed by atoms with Gasteiger partial charge in [0.05, 0.1) is 4.21 Å². The van der Waals surface area contributed by atoms with E-state index in [0.29, 0.717) is 4.21 Å². The van der Waals surface area contributed by atoms with Gasteiger partial charge in [-0.2, -0.15) is 17.6 Å². The largest absolute Gasteiger partial charge is 0.408 e. The minimum absolute atomic E-state index is 0.0553. The summed E-state index contributed by atoms with van der Waals surface area (Å²) < 4.78 is 67.8. The average molecular weight is 353 g/mol. The van der Waals surface area contributed by atoms with Crippen molar-refractivity contribution in [1.29, 1.82) is 0 Å². The molecule has 8 heteroatoms.